The molecule has 0 bridgehead atoms. The molecule has 2 rings (SSSR count). The molecule has 0 amide bonds. The second-order valence-electron chi connectivity index (χ2n) is 4.43. The van der Waals surface area contributed by atoms with E-state index in [0.29, 0.717) is 18.3 Å². The van der Waals surface area contributed by atoms with E-state index in [0.717, 1.165) is 30.6 Å². The molecule has 1 aliphatic carbocycles. The van der Waals surface area contributed by atoms with E-state index in [-0.39, 0.29) is 4.83 Å². The molecule has 1 atom stereocenters. The molecule has 92 valence electrons. The van der Waals surface area contributed by atoms with E-state index in [1.54, 1.807) is 0 Å². The first-order chi connectivity index (χ1) is 8.20. The molecule has 1 unspecified atom stereocenters. The summed E-state index contributed by atoms with van der Waals surface area (Å²) in [5, 5.41) is 0. The number of ether oxygens (including phenoxy) is 1. The summed E-state index contributed by atoms with van der Waals surface area (Å²) in [4.78, 5) is 11.8. The van der Waals surface area contributed by atoms with Crippen LogP contribution in [-0.4, -0.2) is 17.2 Å². The molecule has 0 spiro atoms. The van der Waals surface area contributed by atoms with Crippen LogP contribution in [0.2, 0.25) is 0 Å². The number of benzene rings is 1. The van der Waals surface area contributed by atoms with E-state index in [1.165, 1.54) is 0 Å². The van der Waals surface area contributed by atoms with Crippen LogP contribution in [0.15, 0.2) is 24.3 Å². The summed E-state index contributed by atoms with van der Waals surface area (Å²) in [5.41, 5.74) is 1.15. The molecule has 0 saturated heterocycles. The lowest BCUT2D eigenvalue weighted by Gasteiger charge is -2.10. The number of halogens is 1. The Hall–Kier alpha value is -0.830. The zero-order valence-electron chi connectivity index (χ0n) is 9.99. The highest BCUT2D eigenvalue weighted by atomic mass is 79.9. The van der Waals surface area contributed by atoms with E-state index in [9.17, 15) is 4.79 Å². The van der Waals surface area contributed by atoms with Gasteiger partial charge in [0.25, 0.3) is 0 Å². The van der Waals surface area contributed by atoms with Crippen LogP contribution < -0.4 is 4.74 Å². The van der Waals surface area contributed by atoms with Crippen molar-refractivity contribution in [3.05, 3.63) is 29.8 Å². The molecule has 1 aliphatic rings. The average Bonchev–Trinajstić information content (AvgIpc) is 3.13. The predicted molar refractivity (Wildman–Crippen MR) is 71.8 cm³/mol. The molecular weight excluding hydrogens is 280 g/mol. The first-order valence-corrected chi connectivity index (χ1v) is 7.01. The predicted octanol–water partition coefficient (Wildman–Crippen LogP) is 3.37. The molecule has 1 aromatic carbocycles. The lowest BCUT2D eigenvalue weighted by atomic mass is 10.1. The van der Waals surface area contributed by atoms with E-state index in [4.69, 9.17) is 4.74 Å². The third kappa shape index (κ3) is 3.56. The van der Waals surface area contributed by atoms with Crippen LogP contribution in [0.3, 0.4) is 0 Å². The number of alkyl halides is 1. The number of hydrogen-bond acceptors (Lipinski definition) is 2. The number of rotatable bonds is 6. The summed E-state index contributed by atoms with van der Waals surface area (Å²) in [6.45, 7) is 2.64. The molecule has 0 radical (unpaired) electrons. The summed E-state index contributed by atoms with van der Waals surface area (Å²) < 4.78 is 5.45. The Bertz CT molecular complexity index is 399. The van der Waals surface area contributed by atoms with Gasteiger partial charge in [-0.25, -0.2) is 0 Å². The minimum atomic E-state index is -0.0492. The molecule has 1 aromatic rings. The zero-order chi connectivity index (χ0) is 12.3. The molecule has 1 fully saturated rings. The largest absolute Gasteiger partial charge is 0.494 e. The second kappa shape index (κ2) is 5.67. The topological polar surface area (TPSA) is 26.3 Å². The minimum Gasteiger partial charge on any atom is -0.494 e. The zero-order valence-corrected chi connectivity index (χ0v) is 11.6. The van der Waals surface area contributed by atoms with E-state index in [1.807, 2.05) is 31.2 Å². The smallest absolute Gasteiger partial charge is 0.149 e. The first kappa shape index (κ1) is 12.6. The Morgan fingerprint density at radius 1 is 1.53 bits per heavy atom. The van der Waals surface area contributed by atoms with Gasteiger partial charge in [0, 0.05) is 5.92 Å². The maximum atomic E-state index is 11.8. The van der Waals surface area contributed by atoms with Crippen LogP contribution >= 0.6 is 15.9 Å². The van der Waals surface area contributed by atoms with Crippen LogP contribution in [0.25, 0.3) is 0 Å². The van der Waals surface area contributed by atoms with Gasteiger partial charge in [-0.15, -0.1) is 0 Å². The molecule has 2 nitrogen and oxygen atoms in total. The van der Waals surface area contributed by atoms with Gasteiger partial charge < -0.3 is 4.74 Å². The Morgan fingerprint density at radius 3 is 2.94 bits per heavy atom. The van der Waals surface area contributed by atoms with Crippen molar-refractivity contribution < 1.29 is 9.53 Å². The van der Waals surface area contributed by atoms with E-state index < -0.39 is 0 Å². The molecule has 3 heteroatoms. The maximum absolute atomic E-state index is 11.8. The summed E-state index contributed by atoms with van der Waals surface area (Å²) in [5.74, 6) is 1.55. The van der Waals surface area contributed by atoms with Crippen molar-refractivity contribution in [3.63, 3.8) is 0 Å². The monoisotopic (exact) mass is 296 g/mol. The fourth-order valence-corrected chi connectivity index (χ4v) is 2.61. The Morgan fingerprint density at radius 2 is 2.29 bits per heavy atom. The summed E-state index contributed by atoms with van der Waals surface area (Å²) in [6, 6.07) is 7.97. The van der Waals surface area contributed by atoms with Gasteiger partial charge in [-0.05, 0) is 43.9 Å². The SMILES string of the molecule is CCOc1cccc(CC(Br)C(=O)C2CC2)c1. The number of hydrogen-bond donors (Lipinski definition) is 0. The highest BCUT2D eigenvalue weighted by Gasteiger charge is 2.33. The Labute approximate surface area is 110 Å². The molecule has 0 N–H and O–H groups in total. The number of carbonyl (C=O) groups is 1. The average molecular weight is 297 g/mol. The third-order valence-electron chi connectivity index (χ3n) is 2.91. The normalized spacial score (nSPS) is 16.6. The van der Waals surface area contributed by atoms with Crippen LogP contribution in [-0.2, 0) is 11.2 Å². The number of ketones is 1. The van der Waals surface area contributed by atoms with Gasteiger partial charge in [0.1, 0.15) is 11.5 Å². The molecule has 0 heterocycles. The molecule has 0 aliphatic heterocycles. The lowest BCUT2D eigenvalue weighted by molar-refractivity contribution is -0.119. The summed E-state index contributed by atoms with van der Waals surface area (Å²) in [7, 11) is 0. The van der Waals surface area contributed by atoms with Crippen molar-refractivity contribution in [2.45, 2.75) is 31.0 Å². The van der Waals surface area contributed by atoms with Crippen LogP contribution in [0.4, 0.5) is 0 Å². The third-order valence-corrected chi connectivity index (χ3v) is 3.69. The van der Waals surface area contributed by atoms with E-state index >= 15 is 0 Å². The fourth-order valence-electron chi connectivity index (χ4n) is 1.86. The quantitative estimate of drug-likeness (QED) is 0.753. The van der Waals surface area contributed by atoms with Crippen molar-refractivity contribution in [3.8, 4) is 5.75 Å². The highest BCUT2D eigenvalue weighted by Crippen LogP contribution is 2.33. The van der Waals surface area contributed by atoms with Crippen molar-refractivity contribution in [1.82, 2.24) is 0 Å². The standard InChI is InChI=1S/C14H17BrO2/c1-2-17-12-5-3-4-10(8-12)9-13(15)14(16)11-6-7-11/h3-5,8,11,13H,2,6-7,9H2,1H3. The van der Waals surface area contributed by atoms with Gasteiger partial charge in [-0.2, -0.15) is 0 Å². The van der Waals surface area contributed by atoms with Crippen molar-refractivity contribution >= 4 is 21.7 Å². The summed E-state index contributed by atoms with van der Waals surface area (Å²) >= 11 is 3.49. The Balaban J connectivity index is 1.97. The molecule has 17 heavy (non-hydrogen) atoms. The number of carbonyl (C=O) groups excluding carboxylic acids is 1. The van der Waals surface area contributed by atoms with Crippen molar-refractivity contribution in [2.24, 2.45) is 5.92 Å². The molecular formula is C14H17BrO2. The molecule has 1 saturated carbocycles. The highest BCUT2D eigenvalue weighted by molar-refractivity contribution is 9.10. The van der Waals surface area contributed by atoms with Gasteiger partial charge >= 0.3 is 0 Å². The lowest BCUT2D eigenvalue weighted by Crippen LogP contribution is -2.18. The van der Waals surface area contributed by atoms with Gasteiger partial charge in [0.05, 0.1) is 11.4 Å². The first-order valence-electron chi connectivity index (χ1n) is 6.10. The maximum Gasteiger partial charge on any atom is 0.149 e. The van der Waals surface area contributed by atoms with Gasteiger partial charge in [0.15, 0.2) is 0 Å². The van der Waals surface area contributed by atoms with Gasteiger partial charge in [-0.3, -0.25) is 4.79 Å². The van der Waals surface area contributed by atoms with Crippen molar-refractivity contribution in [2.75, 3.05) is 6.61 Å². The van der Waals surface area contributed by atoms with Crippen LogP contribution in [0, 0.1) is 5.92 Å². The second-order valence-corrected chi connectivity index (χ2v) is 5.53. The summed E-state index contributed by atoms with van der Waals surface area (Å²) in [6.07, 6.45) is 2.89. The van der Waals surface area contributed by atoms with Crippen molar-refractivity contribution in [1.29, 1.82) is 0 Å². The Kier molecular flexibility index (Phi) is 4.21. The molecule has 0 aromatic heterocycles. The van der Waals surface area contributed by atoms with Gasteiger partial charge in [0.2, 0.25) is 0 Å². The number of Topliss-reactive ketones (excluding diaryl/α,β-unsaturated/α-hetero) is 1. The van der Waals surface area contributed by atoms with Gasteiger partial charge in [-0.1, -0.05) is 28.1 Å². The van der Waals surface area contributed by atoms with E-state index in [2.05, 4.69) is 15.9 Å². The van der Waals surface area contributed by atoms with Crippen LogP contribution in [0.1, 0.15) is 25.3 Å². The minimum absolute atomic E-state index is 0.0492. The fraction of sp³-hybridized carbons (Fsp3) is 0.500. The van der Waals surface area contributed by atoms with Crippen LogP contribution in [0.5, 0.6) is 5.75 Å².